The fourth-order valence-electron chi connectivity index (χ4n) is 2.70. The number of nitrogens with two attached hydrogens (primary N) is 1. The minimum absolute atomic E-state index is 0.283. The van der Waals surface area contributed by atoms with Crippen LogP contribution in [0.25, 0.3) is 32.4 Å². The second kappa shape index (κ2) is 5.20. The van der Waals surface area contributed by atoms with Crippen molar-refractivity contribution in [2.75, 3.05) is 0 Å². The predicted octanol–water partition coefficient (Wildman–Crippen LogP) is 2.32. The second-order valence-electron chi connectivity index (χ2n) is 5.28. The Hall–Kier alpha value is -3.13. The smallest absolute Gasteiger partial charge is 0.329 e. The zero-order valence-corrected chi connectivity index (χ0v) is 13.4. The third-order valence-electron chi connectivity index (χ3n) is 3.70. The van der Waals surface area contributed by atoms with E-state index < -0.39 is 11.9 Å². The Bertz CT molecular complexity index is 1110. The van der Waals surface area contributed by atoms with Crippen molar-refractivity contribution in [3.8, 4) is 11.3 Å². The summed E-state index contributed by atoms with van der Waals surface area (Å²) in [5.41, 5.74) is 8.93. The zero-order valence-electron chi connectivity index (χ0n) is 12.6. The third-order valence-corrected chi connectivity index (χ3v) is 4.63. The van der Waals surface area contributed by atoms with Crippen LogP contribution < -0.4 is 10.6 Å². The first-order valence-corrected chi connectivity index (χ1v) is 7.98. The van der Waals surface area contributed by atoms with Crippen molar-refractivity contribution in [3.63, 3.8) is 0 Å². The lowest BCUT2D eigenvalue weighted by atomic mass is 10.1. The maximum Gasteiger partial charge on any atom is 0.329 e. The number of hydrogen-bond donors (Lipinski definition) is 2. The van der Waals surface area contributed by atoms with Crippen LogP contribution in [-0.4, -0.2) is 26.8 Å². The van der Waals surface area contributed by atoms with Gasteiger partial charge in [-0.2, -0.15) is 9.83 Å². The molecule has 0 saturated heterocycles. The molecule has 24 heavy (non-hydrogen) atoms. The number of nitrogens with one attached hydrogen (secondary N) is 1. The molecule has 4 rings (SSSR count). The van der Waals surface area contributed by atoms with Crippen LogP contribution in [-0.2, 0) is 4.79 Å². The van der Waals surface area contributed by atoms with Gasteiger partial charge in [-0.25, -0.2) is 4.79 Å². The molecule has 0 aliphatic rings. The molecule has 0 aliphatic carbocycles. The average molecular weight is 340 g/mol. The summed E-state index contributed by atoms with van der Waals surface area (Å²) in [6, 6.07) is 7.42. The molecule has 0 aliphatic heterocycles. The summed E-state index contributed by atoms with van der Waals surface area (Å²) in [6.07, 6.45) is 1.42. The molecule has 0 radical (unpaired) electrons. The average Bonchev–Trinajstić information content (AvgIpc) is 3.20. The minimum atomic E-state index is -0.591. The monoisotopic (exact) mass is 340 g/mol. The van der Waals surface area contributed by atoms with E-state index in [-0.39, 0.29) is 5.56 Å². The van der Waals surface area contributed by atoms with Gasteiger partial charge in [0.2, 0.25) is 0 Å². The number of thiophene rings is 1. The lowest BCUT2D eigenvalue weighted by Gasteiger charge is -2.04. The van der Waals surface area contributed by atoms with Crippen molar-refractivity contribution >= 4 is 44.3 Å². The van der Waals surface area contributed by atoms with Gasteiger partial charge in [0.15, 0.2) is 0 Å². The van der Waals surface area contributed by atoms with E-state index in [2.05, 4.69) is 10.2 Å². The number of nitrogens with zero attached hydrogens (tertiary/aromatic N) is 2. The van der Waals surface area contributed by atoms with E-state index >= 15 is 0 Å². The van der Waals surface area contributed by atoms with Crippen LogP contribution in [0.3, 0.4) is 0 Å². The van der Waals surface area contributed by atoms with Crippen LogP contribution in [0.5, 0.6) is 0 Å². The molecule has 0 unspecified atom stereocenters. The van der Waals surface area contributed by atoms with Crippen molar-refractivity contribution in [2.45, 2.75) is 6.92 Å². The number of amides is 1. The third kappa shape index (κ3) is 2.16. The molecule has 0 fully saturated rings. The Kier molecular flexibility index (Phi) is 3.14. The van der Waals surface area contributed by atoms with Gasteiger partial charge in [-0.05, 0) is 23.6 Å². The highest BCUT2D eigenvalue weighted by Gasteiger charge is 2.17. The van der Waals surface area contributed by atoms with Gasteiger partial charge in [-0.1, -0.05) is 6.07 Å². The molecule has 3 heterocycles. The number of carbonyl (C=O) groups excluding carboxylic acids is 2. The summed E-state index contributed by atoms with van der Waals surface area (Å²) in [4.78, 5) is 28.1. The number of aromatic amines is 1. The van der Waals surface area contributed by atoms with E-state index in [9.17, 15) is 9.59 Å². The molecular weight excluding hydrogens is 328 g/mol. The van der Waals surface area contributed by atoms with E-state index in [0.29, 0.717) is 10.9 Å². The molecule has 0 saturated carbocycles. The number of benzene rings is 1. The van der Waals surface area contributed by atoms with Gasteiger partial charge in [-0.3, -0.25) is 9.89 Å². The van der Waals surface area contributed by atoms with Crippen LogP contribution in [0.1, 0.15) is 17.3 Å². The molecule has 8 heteroatoms. The van der Waals surface area contributed by atoms with Crippen molar-refractivity contribution < 1.29 is 14.4 Å². The van der Waals surface area contributed by atoms with Crippen molar-refractivity contribution in [1.82, 2.24) is 14.9 Å². The maximum absolute atomic E-state index is 11.7. The van der Waals surface area contributed by atoms with Crippen LogP contribution in [0.2, 0.25) is 0 Å². The van der Waals surface area contributed by atoms with Crippen LogP contribution in [0.15, 0.2) is 35.8 Å². The highest BCUT2D eigenvalue weighted by molar-refractivity contribution is 7.17. The lowest BCUT2D eigenvalue weighted by Crippen LogP contribution is -2.16. The van der Waals surface area contributed by atoms with Crippen LogP contribution in [0.4, 0.5) is 0 Å². The molecule has 3 aromatic heterocycles. The van der Waals surface area contributed by atoms with Gasteiger partial charge in [0.1, 0.15) is 5.69 Å². The molecule has 0 bridgehead atoms. The summed E-state index contributed by atoms with van der Waals surface area (Å²) < 4.78 is 2.29. The van der Waals surface area contributed by atoms with Crippen LogP contribution >= 0.6 is 11.3 Å². The van der Waals surface area contributed by atoms with Gasteiger partial charge in [0.05, 0.1) is 27.5 Å². The van der Waals surface area contributed by atoms with E-state index in [1.807, 2.05) is 23.6 Å². The summed E-state index contributed by atoms with van der Waals surface area (Å²) >= 11 is 1.59. The highest BCUT2D eigenvalue weighted by Crippen LogP contribution is 2.33. The molecule has 0 atom stereocenters. The Morgan fingerprint density at radius 3 is 2.92 bits per heavy atom. The van der Waals surface area contributed by atoms with E-state index in [1.165, 1.54) is 17.9 Å². The van der Waals surface area contributed by atoms with Crippen molar-refractivity contribution in [3.05, 3.63) is 41.4 Å². The molecule has 1 amide bonds. The first-order valence-electron chi connectivity index (χ1n) is 7.10. The molecule has 4 aromatic rings. The second-order valence-corrected chi connectivity index (χ2v) is 6.20. The van der Waals surface area contributed by atoms with Gasteiger partial charge in [-0.15, -0.1) is 11.3 Å². The topological polar surface area (TPSA) is 103 Å². The number of H-pyrrole nitrogens is 1. The van der Waals surface area contributed by atoms with Gasteiger partial charge in [0, 0.05) is 17.9 Å². The van der Waals surface area contributed by atoms with Crippen molar-refractivity contribution in [1.29, 1.82) is 0 Å². The largest absolute Gasteiger partial charge is 0.366 e. The number of carbonyl (C=O) groups is 2. The predicted molar refractivity (Wildman–Crippen MR) is 90.7 cm³/mol. The van der Waals surface area contributed by atoms with Gasteiger partial charge in [0.25, 0.3) is 5.91 Å². The van der Waals surface area contributed by atoms with E-state index in [4.69, 9.17) is 10.6 Å². The van der Waals surface area contributed by atoms with E-state index in [0.717, 1.165) is 21.5 Å². The molecule has 7 nitrogen and oxygen atoms in total. The Morgan fingerprint density at radius 1 is 1.33 bits per heavy atom. The zero-order chi connectivity index (χ0) is 16.8. The summed E-state index contributed by atoms with van der Waals surface area (Å²) in [5.74, 6) is -1.08. The molecular formula is C16H12N4O3S. The number of hydrogen-bond acceptors (Lipinski definition) is 5. The summed E-state index contributed by atoms with van der Waals surface area (Å²) in [7, 11) is 0. The van der Waals surface area contributed by atoms with Crippen LogP contribution in [0, 0.1) is 0 Å². The maximum atomic E-state index is 11.7. The first kappa shape index (κ1) is 14.5. The van der Waals surface area contributed by atoms with Crippen molar-refractivity contribution in [2.24, 2.45) is 5.73 Å². The molecule has 3 N–H and O–H groups in total. The quantitative estimate of drug-likeness (QED) is 0.597. The Morgan fingerprint density at radius 2 is 2.17 bits per heavy atom. The number of rotatable bonds is 3. The Labute approximate surface area is 139 Å². The number of primary amides is 1. The fraction of sp³-hybridized carbons (Fsp3) is 0.0625. The molecule has 1 aromatic carbocycles. The Balaban J connectivity index is 1.94. The summed E-state index contributed by atoms with van der Waals surface area (Å²) in [6.45, 7) is 1.29. The highest BCUT2D eigenvalue weighted by atomic mass is 32.1. The van der Waals surface area contributed by atoms with Gasteiger partial charge < -0.3 is 10.6 Å². The standard InChI is InChI=1S/C16H12N4O3S/c1-8(21)23-20-7-11(16(17)22)10-6-9(2-3-13(10)20)14-15-12(18-19-14)4-5-24-15/h2-7H,1H3,(H2,17,22)(H,18,19). The fourth-order valence-corrected chi connectivity index (χ4v) is 3.56. The normalized spacial score (nSPS) is 11.2. The SMILES string of the molecule is CC(=O)On1cc(C(N)=O)c2cc(-c3n[nH]c4ccsc34)ccc21. The molecule has 120 valence electrons. The number of aromatic nitrogens is 3. The summed E-state index contributed by atoms with van der Waals surface area (Å²) in [5, 5.41) is 9.91. The first-order chi connectivity index (χ1) is 11.5. The van der Waals surface area contributed by atoms with Gasteiger partial charge >= 0.3 is 5.97 Å². The van der Waals surface area contributed by atoms with E-state index in [1.54, 1.807) is 17.4 Å². The number of fused-ring (bicyclic) bond motifs is 2. The lowest BCUT2D eigenvalue weighted by molar-refractivity contribution is -0.140. The molecule has 0 spiro atoms. The minimum Gasteiger partial charge on any atom is -0.366 e.